The zero-order chi connectivity index (χ0) is 18.2. The topological polar surface area (TPSA) is 55.1 Å². The van der Waals surface area contributed by atoms with Crippen molar-refractivity contribution in [1.82, 2.24) is 9.55 Å². The second kappa shape index (κ2) is 7.29. The van der Waals surface area contributed by atoms with E-state index in [1.165, 1.54) is 12.1 Å². The number of Topliss-reactive ketones (excluding diaryl/α,β-unsaturated/α-hetero) is 1. The van der Waals surface area contributed by atoms with E-state index in [9.17, 15) is 18.0 Å². The van der Waals surface area contributed by atoms with E-state index in [-0.39, 0.29) is 14.0 Å². The third-order valence-corrected chi connectivity index (χ3v) is 3.92. The Labute approximate surface area is 148 Å². The maximum absolute atomic E-state index is 13.3. The molecule has 0 aliphatic heterocycles. The van der Waals surface area contributed by atoms with E-state index >= 15 is 0 Å². The number of hydrogen-bond acceptors (Lipinski definition) is 3. The Morgan fingerprint density at radius 1 is 1.15 bits per heavy atom. The van der Waals surface area contributed by atoms with E-state index in [0.717, 1.165) is 10.1 Å². The van der Waals surface area contributed by atoms with Crippen LogP contribution in [0.3, 0.4) is 0 Å². The molecule has 26 heavy (non-hydrogen) atoms. The Balaban J connectivity index is 0.00000243. The van der Waals surface area contributed by atoms with E-state index in [0.29, 0.717) is 22.2 Å². The van der Waals surface area contributed by atoms with E-state index < -0.39 is 24.4 Å². The first kappa shape index (κ1) is 19.7. The quantitative estimate of drug-likeness (QED) is 0.705. The number of benzene rings is 2. The second-order valence-corrected chi connectivity index (χ2v) is 5.79. The number of imidazole rings is 1. The molecular formula is C19H19F3N2O2. The molecule has 0 aliphatic rings. The van der Waals surface area contributed by atoms with Gasteiger partial charge < -0.3 is 9.67 Å². The molecule has 0 saturated carbocycles. The number of hydrogen-bond donors (Lipinski definition) is 1. The average molecular weight is 364 g/mol. The van der Waals surface area contributed by atoms with Gasteiger partial charge in [-0.25, -0.2) is 4.98 Å². The molecular weight excluding hydrogens is 345 g/mol. The van der Waals surface area contributed by atoms with Crippen molar-refractivity contribution in [2.45, 2.75) is 27.1 Å². The summed E-state index contributed by atoms with van der Waals surface area (Å²) in [6, 6.07) is 11.1. The zero-order valence-corrected chi connectivity index (χ0v) is 13.3. The SMILES string of the molecule is C.Cc1ccc2c(c1)nc(C(F)(F)F)n2Cc1ccc(C(=O)CO)cc1. The summed E-state index contributed by atoms with van der Waals surface area (Å²) in [5, 5.41) is 8.84. The summed E-state index contributed by atoms with van der Waals surface area (Å²) in [5.41, 5.74) is 2.43. The predicted molar refractivity (Wildman–Crippen MR) is 93.2 cm³/mol. The van der Waals surface area contributed by atoms with Crippen LogP contribution in [0.15, 0.2) is 42.5 Å². The molecule has 0 unspecified atom stereocenters. The highest BCUT2D eigenvalue weighted by molar-refractivity contribution is 5.96. The highest BCUT2D eigenvalue weighted by atomic mass is 19.4. The van der Waals surface area contributed by atoms with Gasteiger partial charge in [-0.2, -0.15) is 13.2 Å². The largest absolute Gasteiger partial charge is 0.449 e. The van der Waals surface area contributed by atoms with Gasteiger partial charge in [0.05, 0.1) is 11.0 Å². The number of ketones is 1. The Morgan fingerprint density at radius 3 is 2.38 bits per heavy atom. The lowest BCUT2D eigenvalue weighted by atomic mass is 10.1. The van der Waals surface area contributed by atoms with Gasteiger partial charge in [-0.3, -0.25) is 4.79 Å². The number of carbonyl (C=O) groups is 1. The summed E-state index contributed by atoms with van der Waals surface area (Å²) >= 11 is 0. The molecule has 4 nitrogen and oxygen atoms in total. The van der Waals surface area contributed by atoms with Crippen molar-refractivity contribution in [2.24, 2.45) is 0 Å². The maximum atomic E-state index is 13.3. The van der Waals surface area contributed by atoms with Crippen LogP contribution >= 0.6 is 0 Å². The van der Waals surface area contributed by atoms with Crippen molar-refractivity contribution in [3.63, 3.8) is 0 Å². The van der Waals surface area contributed by atoms with E-state index in [2.05, 4.69) is 4.98 Å². The van der Waals surface area contributed by atoms with Crippen molar-refractivity contribution < 1.29 is 23.1 Å². The van der Waals surface area contributed by atoms with Crippen LogP contribution in [-0.2, 0) is 12.7 Å². The Bertz CT molecular complexity index is 928. The highest BCUT2D eigenvalue weighted by Gasteiger charge is 2.37. The van der Waals surface area contributed by atoms with Gasteiger partial charge in [-0.15, -0.1) is 0 Å². The molecule has 0 saturated heterocycles. The Hall–Kier alpha value is -2.67. The molecule has 0 fully saturated rings. The van der Waals surface area contributed by atoms with Crippen LogP contribution in [0.25, 0.3) is 11.0 Å². The normalized spacial score (nSPS) is 11.4. The third kappa shape index (κ3) is 3.77. The number of aliphatic hydroxyl groups excluding tert-OH is 1. The van der Waals surface area contributed by atoms with E-state index in [1.54, 1.807) is 37.3 Å². The maximum Gasteiger partial charge on any atom is 0.449 e. The fourth-order valence-electron chi connectivity index (χ4n) is 2.69. The van der Waals surface area contributed by atoms with Crippen molar-refractivity contribution >= 4 is 16.8 Å². The summed E-state index contributed by atoms with van der Waals surface area (Å²) in [7, 11) is 0. The number of alkyl halides is 3. The Morgan fingerprint density at radius 2 is 1.81 bits per heavy atom. The molecule has 0 bridgehead atoms. The first-order chi connectivity index (χ1) is 11.8. The van der Waals surface area contributed by atoms with Crippen LogP contribution in [0.1, 0.15) is 34.7 Å². The molecule has 1 heterocycles. The van der Waals surface area contributed by atoms with Gasteiger partial charge in [0.1, 0.15) is 6.61 Å². The van der Waals surface area contributed by atoms with Gasteiger partial charge in [-0.05, 0) is 30.2 Å². The number of carbonyl (C=O) groups excluding carboxylic acids is 1. The van der Waals surface area contributed by atoms with Crippen LogP contribution in [-0.4, -0.2) is 27.0 Å². The number of nitrogens with zero attached hydrogens (tertiary/aromatic N) is 2. The molecule has 1 N–H and O–H groups in total. The molecule has 1 aromatic heterocycles. The fraction of sp³-hybridized carbons (Fsp3) is 0.263. The summed E-state index contributed by atoms with van der Waals surface area (Å²) in [6.07, 6.45) is -4.57. The van der Waals surface area contributed by atoms with Crippen LogP contribution < -0.4 is 0 Å². The molecule has 0 amide bonds. The molecule has 0 atom stereocenters. The van der Waals surface area contributed by atoms with Crippen molar-refractivity contribution in [2.75, 3.05) is 6.61 Å². The van der Waals surface area contributed by atoms with Crippen molar-refractivity contribution in [3.05, 3.63) is 65.0 Å². The zero-order valence-electron chi connectivity index (χ0n) is 13.3. The number of rotatable bonds is 4. The minimum absolute atomic E-state index is 0. The van der Waals surface area contributed by atoms with Gasteiger partial charge in [0.15, 0.2) is 5.78 Å². The summed E-state index contributed by atoms with van der Waals surface area (Å²) in [4.78, 5) is 15.2. The number of aliphatic hydroxyl groups is 1. The molecule has 138 valence electrons. The van der Waals surface area contributed by atoms with Crippen LogP contribution in [0.4, 0.5) is 13.2 Å². The average Bonchev–Trinajstić information content (AvgIpc) is 2.92. The monoisotopic (exact) mass is 364 g/mol. The van der Waals surface area contributed by atoms with Crippen molar-refractivity contribution in [1.29, 1.82) is 0 Å². The first-order valence-corrected chi connectivity index (χ1v) is 7.56. The summed E-state index contributed by atoms with van der Waals surface area (Å²) < 4.78 is 41.2. The van der Waals surface area contributed by atoms with Gasteiger partial charge in [0.2, 0.25) is 5.82 Å². The van der Waals surface area contributed by atoms with E-state index in [1.807, 2.05) is 0 Å². The lowest BCUT2D eigenvalue weighted by Crippen LogP contribution is -2.15. The summed E-state index contributed by atoms with van der Waals surface area (Å²) in [6.45, 7) is 1.16. The van der Waals surface area contributed by atoms with Crippen LogP contribution in [0, 0.1) is 6.92 Å². The molecule has 3 aromatic rings. The number of aryl methyl sites for hydroxylation is 1. The smallest absolute Gasteiger partial charge is 0.388 e. The van der Waals surface area contributed by atoms with Crippen LogP contribution in [0.2, 0.25) is 0 Å². The number of aromatic nitrogens is 2. The highest BCUT2D eigenvalue weighted by Crippen LogP contribution is 2.32. The molecule has 0 spiro atoms. The molecule has 7 heteroatoms. The van der Waals surface area contributed by atoms with Crippen molar-refractivity contribution in [3.8, 4) is 0 Å². The number of halogens is 3. The second-order valence-electron chi connectivity index (χ2n) is 5.79. The Kier molecular flexibility index (Phi) is 5.51. The summed E-state index contributed by atoms with van der Waals surface area (Å²) in [5.74, 6) is -1.39. The molecule has 2 aromatic carbocycles. The standard InChI is InChI=1S/C18H15F3N2O2.CH4/c1-11-2-7-15-14(8-11)22-17(18(19,20)21)23(15)9-12-3-5-13(6-4-12)16(25)10-24;/h2-8,24H,9-10H2,1H3;1H4. The first-order valence-electron chi connectivity index (χ1n) is 7.56. The predicted octanol–water partition coefficient (Wildman–Crippen LogP) is 4.22. The fourth-order valence-corrected chi connectivity index (χ4v) is 2.69. The van der Waals surface area contributed by atoms with Gasteiger partial charge in [0.25, 0.3) is 0 Å². The van der Waals surface area contributed by atoms with Gasteiger partial charge >= 0.3 is 6.18 Å². The third-order valence-electron chi connectivity index (χ3n) is 3.92. The molecule has 0 aliphatic carbocycles. The minimum atomic E-state index is -4.57. The van der Waals surface area contributed by atoms with Gasteiger partial charge in [0, 0.05) is 12.1 Å². The lowest BCUT2D eigenvalue weighted by Gasteiger charge is -2.12. The molecule has 0 radical (unpaired) electrons. The van der Waals surface area contributed by atoms with E-state index in [4.69, 9.17) is 5.11 Å². The van der Waals surface area contributed by atoms with Crippen LogP contribution in [0.5, 0.6) is 0 Å². The van der Waals surface area contributed by atoms with Gasteiger partial charge in [-0.1, -0.05) is 37.8 Å². The molecule has 3 rings (SSSR count). The minimum Gasteiger partial charge on any atom is -0.388 e. The number of fused-ring (bicyclic) bond motifs is 1. The lowest BCUT2D eigenvalue weighted by molar-refractivity contribution is -0.146.